The molecule has 0 aliphatic heterocycles. The number of fused-ring (bicyclic) bond motifs is 9. The van der Waals surface area contributed by atoms with E-state index in [-0.39, 0.29) is 0 Å². The van der Waals surface area contributed by atoms with Crippen LogP contribution in [0, 0.1) is 0 Å². The molecule has 0 saturated heterocycles. The average molecular weight is 694 g/mol. The number of nitrogens with zero attached hydrogens (tertiary/aromatic N) is 1. The Kier molecular flexibility index (Phi) is 6.76. The maximum Gasteiger partial charge on any atom is 0.143 e. The summed E-state index contributed by atoms with van der Waals surface area (Å²) >= 11 is 1.87. The van der Waals surface area contributed by atoms with Gasteiger partial charge in [-0.05, 0) is 58.3 Å². The summed E-state index contributed by atoms with van der Waals surface area (Å²) in [6.45, 7) is 0. The van der Waals surface area contributed by atoms with Gasteiger partial charge >= 0.3 is 0 Å². The molecule has 2 aromatic heterocycles. The van der Waals surface area contributed by atoms with E-state index in [1.807, 2.05) is 11.3 Å². The molecular weight excluding hydrogens is 663 g/mol. The first kappa shape index (κ1) is 30.0. The standard InChI is InChI=1S/C50H31NOS/c1-3-15-36-32(12-1)14-9-24-45(36)51(35-29-26-34(27-30-35)38-19-10-22-44-40-18-6-8-25-47(40)53-50(38)44)46-23-7-5-17-39(46)41-20-11-21-42-43-31-28-33-13-2-4-16-37(33)48(43)52-49(41)42/h1-31H. The molecule has 0 atom stereocenters. The summed E-state index contributed by atoms with van der Waals surface area (Å²) in [6, 6.07) is 67.9. The molecule has 0 N–H and O–H groups in total. The third kappa shape index (κ3) is 4.71. The molecule has 0 fully saturated rings. The first-order valence-electron chi connectivity index (χ1n) is 18.0. The van der Waals surface area contributed by atoms with E-state index in [0.29, 0.717) is 0 Å². The van der Waals surface area contributed by atoms with Crippen LogP contribution in [0.5, 0.6) is 0 Å². The number of anilines is 3. The Hall–Kier alpha value is -6.68. The zero-order chi connectivity index (χ0) is 34.9. The van der Waals surface area contributed by atoms with Gasteiger partial charge in [0.2, 0.25) is 0 Å². The summed E-state index contributed by atoms with van der Waals surface area (Å²) in [5.41, 5.74) is 9.76. The van der Waals surface area contributed by atoms with E-state index in [4.69, 9.17) is 4.42 Å². The van der Waals surface area contributed by atoms with Crippen LogP contribution >= 0.6 is 11.3 Å². The predicted molar refractivity (Wildman–Crippen MR) is 227 cm³/mol. The lowest BCUT2D eigenvalue weighted by Gasteiger charge is -2.29. The summed E-state index contributed by atoms with van der Waals surface area (Å²) in [7, 11) is 0. The van der Waals surface area contributed by atoms with Gasteiger partial charge in [0.15, 0.2) is 0 Å². The molecule has 0 aliphatic rings. The molecule has 0 radical (unpaired) electrons. The highest BCUT2D eigenvalue weighted by molar-refractivity contribution is 7.26. The van der Waals surface area contributed by atoms with E-state index >= 15 is 0 Å². The smallest absolute Gasteiger partial charge is 0.143 e. The fourth-order valence-corrected chi connectivity index (χ4v) is 9.45. The summed E-state index contributed by atoms with van der Waals surface area (Å²) in [4.78, 5) is 2.42. The number of furan rings is 1. The highest BCUT2D eigenvalue weighted by Crippen LogP contribution is 2.47. The molecule has 248 valence electrons. The molecule has 53 heavy (non-hydrogen) atoms. The van der Waals surface area contributed by atoms with Crippen molar-refractivity contribution in [3.05, 3.63) is 188 Å². The number of para-hydroxylation sites is 2. The number of thiophene rings is 1. The normalized spacial score (nSPS) is 11.8. The maximum atomic E-state index is 6.87. The monoisotopic (exact) mass is 693 g/mol. The van der Waals surface area contributed by atoms with Gasteiger partial charge in [0.1, 0.15) is 11.2 Å². The van der Waals surface area contributed by atoms with Crippen LogP contribution in [0.15, 0.2) is 192 Å². The van der Waals surface area contributed by atoms with Gasteiger partial charge in [-0.25, -0.2) is 0 Å². The number of benzene rings is 9. The molecule has 0 unspecified atom stereocenters. The lowest BCUT2D eigenvalue weighted by molar-refractivity contribution is 0.674. The van der Waals surface area contributed by atoms with Crippen LogP contribution in [0.1, 0.15) is 0 Å². The highest BCUT2D eigenvalue weighted by atomic mass is 32.1. The van der Waals surface area contributed by atoms with Crippen LogP contribution in [0.25, 0.3) is 85.9 Å². The Balaban J connectivity index is 1.12. The minimum atomic E-state index is 0.899. The van der Waals surface area contributed by atoms with Crippen LogP contribution in [0.2, 0.25) is 0 Å². The van der Waals surface area contributed by atoms with Gasteiger partial charge < -0.3 is 9.32 Å². The Morgan fingerprint density at radius 1 is 0.358 bits per heavy atom. The first-order chi connectivity index (χ1) is 26.3. The van der Waals surface area contributed by atoms with Gasteiger partial charge in [0, 0.05) is 58.5 Å². The second kappa shape index (κ2) is 11.9. The van der Waals surface area contributed by atoms with E-state index in [9.17, 15) is 0 Å². The van der Waals surface area contributed by atoms with Gasteiger partial charge in [-0.15, -0.1) is 11.3 Å². The van der Waals surface area contributed by atoms with Crippen molar-refractivity contribution in [3.63, 3.8) is 0 Å². The quantitative estimate of drug-likeness (QED) is 0.178. The zero-order valence-electron chi connectivity index (χ0n) is 28.7. The summed E-state index contributed by atoms with van der Waals surface area (Å²) < 4.78 is 9.51. The van der Waals surface area contributed by atoms with Crippen molar-refractivity contribution in [1.29, 1.82) is 0 Å². The van der Waals surface area contributed by atoms with Crippen LogP contribution in [0.3, 0.4) is 0 Å². The zero-order valence-corrected chi connectivity index (χ0v) is 29.5. The Bertz CT molecular complexity index is 3180. The van der Waals surface area contributed by atoms with Gasteiger partial charge in [-0.1, -0.05) is 152 Å². The predicted octanol–water partition coefficient (Wildman–Crippen LogP) is 15.1. The van der Waals surface area contributed by atoms with Crippen molar-refractivity contribution in [3.8, 4) is 22.3 Å². The average Bonchev–Trinajstić information content (AvgIpc) is 3.81. The molecule has 11 rings (SSSR count). The maximum absolute atomic E-state index is 6.87. The molecule has 0 aliphatic carbocycles. The lowest BCUT2D eigenvalue weighted by atomic mass is 9.98. The van der Waals surface area contributed by atoms with Gasteiger partial charge in [0.05, 0.1) is 11.4 Å². The van der Waals surface area contributed by atoms with Gasteiger partial charge in [-0.2, -0.15) is 0 Å². The molecule has 0 saturated carbocycles. The van der Waals surface area contributed by atoms with E-state index < -0.39 is 0 Å². The van der Waals surface area contributed by atoms with Crippen molar-refractivity contribution in [2.45, 2.75) is 0 Å². The second-order valence-electron chi connectivity index (χ2n) is 13.6. The largest absolute Gasteiger partial charge is 0.455 e. The van der Waals surface area contributed by atoms with Crippen molar-refractivity contribution < 1.29 is 4.42 Å². The summed E-state index contributed by atoms with van der Waals surface area (Å²) in [5, 5.41) is 9.58. The van der Waals surface area contributed by atoms with Crippen LogP contribution in [-0.4, -0.2) is 0 Å². The van der Waals surface area contributed by atoms with Crippen molar-refractivity contribution in [2.75, 3.05) is 4.90 Å². The first-order valence-corrected chi connectivity index (χ1v) is 18.8. The van der Waals surface area contributed by atoms with Crippen molar-refractivity contribution >= 4 is 92.1 Å². The van der Waals surface area contributed by atoms with E-state index in [2.05, 4.69) is 193 Å². The SMILES string of the molecule is c1ccc(N(c2ccc(-c3cccc4c3sc3ccccc34)cc2)c2cccc3ccccc23)c(-c2cccc3c2oc2c4ccccc4ccc32)c1. The minimum Gasteiger partial charge on any atom is -0.455 e. The topological polar surface area (TPSA) is 16.4 Å². The van der Waals surface area contributed by atoms with E-state index in [1.54, 1.807) is 0 Å². The van der Waals surface area contributed by atoms with Gasteiger partial charge in [0.25, 0.3) is 0 Å². The third-order valence-corrected chi connectivity index (χ3v) is 11.9. The third-order valence-electron chi connectivity index (χ3n) is 10.7. The molecule has 0 spiro atoms. The molecule has 2 heterocycles. The molecule has 11 aromatic rings. The van der Waals surface area contributed by atoms with Gasteiger partial charge in [-0.3, -0.25) is 0 Å². The highest BCUT2D eigenvalue weighted by Gasteiger charge is 2.22. The fraction of sp³-hybridized carbons (Fsp3) is 0. The lowest BCUT2D eigenvalue weighted by Crippen LogP contribution is -2.11. The molecular formula is C50H31NOS. The Morgan fingerprint density at radius 3 is 1.81 bits per heavy atom. The molecule has 0 amide bonds. The second-order valence-corrected chi connectivity index (χ2v) is 14.7. The summed E-state index contributed by atoms with van der Waals surface area (Å²) in [6.07, 6.45) is 0. The van der Waals surface area contributed by atoms with Crippen LogP contribution in [0.4, 0.5) is 17.1 Å². The number of rotatable bonds is 5. The Morgan fingerprint density at radius 2 is 0.943 bits per heavy atom. The molecule has 0 bridgehead atoms. The molecule has 2 nitrogen and oxygen atoms in total. The summed E-state index contributed by atoms with van der Waals surface area (Å²) in [5.74, 6) is 0. The minimum absolute atomic E-state index is 0.899. The molecule has 3 heteroatoms. The fourth-order valence-electron chi connectivity index (χ4n) is 8.21. The van der Waals surface area contributed by atoms with E-state index in [1.165, 1.54) is 47.5 Å². The van der Waals surface area contributed by atoms with E-state index in [0.717, 1.165) is 55.5 Å². The Labute approximate surface area is 310 Å². The molecule has 9 aromatic carbocycles. The van der Waals surface area contributed by atoms with Crippen LogP contribution in [-0.2, 0) is 0 Å². The number of hydrogen-bond acceptors (Lipinski definition) is 3. The van der Waals surface area contributed by atoms with Crippen LogP contribution < -0.4 is 4.90 Å². The number of hydrogen-bond donors (Lipinski definition) is 0. The van der Waals surface area contributed by atoms with Crippen molar-refractivity contribution in [2.24, 2.45) is 0 Å². The van der Waals surface area contributed by atoms with Crippen molar-refractivity contribution in [1.82, 2.24) is 0 Å².